The molecule has 132 valence electrons. The maximum absolute atomic E-state index is 12.7. The molecule has 0 saturated carbocycles. The number of likely N-dealkylation sites (tertiary alicyclic amines) is 1. The summed E-state index contributed by atoms with van der Waals surface area (Å²) in [6, 6.07) is 17.4. The first-order valence-electron chi connectivity index (χ1n) is 8.89. The molecule has 1 amide bonds. The van der Waals surface area contributed by atoms with Gasteiger partial charge in [-0.15, -0.1) is 0 Å². The maximum Gasteiger partial charge on any atom is 0.254 e. The topological polar surface area (TPSA) is 49.8 Å². The molecule has 1 N–H and O–H groups in total. The Bertz CT molecular complexity index is 682. The second-order valence-corrected chi connectivity index (χ2v) is 6.68. The first-order chi connectivity index (χ1) is 12.1. The molecule has 0 bridgehead atoms. The first-order valence-corrected chi connectivity index (χ1v) is 8.89. The zero-order valence-corrected chi connectivity index (χ0v) is 14.6. The molecule has 2 unspecified atom stereocenters. The Morgan fingerprint density at radius 1 is 1.20 bits per heavy atom. The summed E-state index contributed by atoms with van der Waals surface area (Å²) < 4.78 is 5.73. The molecule has 0 radical (unpaired) electrons. The minimum absolute atomic E-state index is 0.0543. The van der Waals surface area contributed by atoms with Crippen LogP contribution in [0.2, 0.25) is 0 Å². The summed E-state index contributed by atoms with van der Waals surface area (Å²) >= 11 is 0. The van der Waals surface area contributed by atoms with Gasteiger partial charge in [0.1, 0.15) is 12.4 Å². The molecule has 1 aliphatic rings. The summed E-state index contributed by atoms with van der Waals surface area (Å²) in [4.78, 5) is 14.6. The van der Waals surface area contributed by atoms with Crippen LogP contribution in [0.15, 0.2) is 54.6 Å². The van der Waals surface area contributed by atoms with Crippen LogP contribution >= 0.6 is 0 Å². The Kier molecular flexibility index (Phi) is 5.71. The fourth-order valence-electron chi connectivity index (χ4n) is 3.33. The van der Waals surface area contributed by atoms with E-state index in [1.165, 1.54) is 0 Å². The molecule has 1 aliphatic heterocycles. The van der Waals surface area contributed by atoms with Gasteiger partial charge in [0, 0.05) is 18.2 Å². The SMILES string of the molecule is CC(O)CC1CCCN1C(=O)c1ccc(COc2ccccc2)cc1. The van der Waals surface area contributed by atoms with Gasteiger partial charge in [-0.05, 0) is 56.0 Å². The number of carbonyl (C=O) groups excluding carboxylic acids is 1. The average molecular weight is 339 g/mol. The summed E-state index contributed by atoms with van der Waals surface area (Å²) in [6.07, 6.45) is 2.25. The van der Waals surface area contributed by atoms with Crippen LogP contribution in [0.25, 0.3) is 0 Å². The highest BCUT2D eigenvalue weighted by molar-refractivity contribution is 5.94. The lowest BCUT2D eigenvalue weighted by Crippen LogP contribution is -2.37. The van der Waals surface area contributed by atoms with Crippen LogP contribution in [0, 0.1) is 0 Å². The summed E-state index contributed by atoms with van der Waals surface area (Å²) in [5.41, 5.74) is 1.73. The third-order valence-corrected chi connectivity index (χ3v) is 4.60. The monoisotopic (exact) mass is 339 g/mol. The molecule has 2 atom stereocenters. The summed E-state index contributed by atoms with van der Waals surface area (Å²) in [5.74, 6) is 0.888. The van der Waals surface area contributed by atoms with Crippen molar-refractivity contribution >= 4 is 5.91 Å². The summed E-state index contributed by atoms with van der Waals surface area (Å²) in [5, 5.41) is 9.62. The van der Waals surface area contributed by atoms with Crippen molar-refractivity contribution in [1.82, 2.24) is 4.90 Å². The molecule has 3 rings (SSSR count). The van der Waals surface area contributed by atoms with Gasteiger partial charge in [-0.1, -0.05) is 30.3 Å². The molecular formula is C21H25NO3. The van der Waals surface area contributed by atoms with Crippen molar-refractivity contribution in [1.29, 1.82) is 0 Å². The number of rotatable bonds is 6. The van der Waals surface area contributed by atoms with Crippen molar-refractivity contribution in [3.8, 4) is 5.75 Å². The molecule has 1 saturated heterocycles. The Morgan fingerprint density at radius 2 is 1.92 bits per heavy atom. The minimum Gasteiger partial charge on any atom is -0.489 e. The first kappa shape index (κ1) is 17.5. The fraction of sp³-hybridized carbons (Fsp3) is 0.381. The van der Waals surface area contributed by atoms with E-state index in [0.29, 0.717) is 18.6 Å². The van der Waals surface area contributed by atoms with E-state index in [1.807, 2.05) is 59.5 Å². The van der Waals surface area contributed by atoms with Crippen LogP contribution in [0.1, 0.15) is 42.1 Å². The third-order valence-electron chi connectivity index (χ3n) is 4.60. The van der Waals surface area contributed by atoms with E-state index in [0.717, 1.165) is 30.7 Å². The number of para-hydroxylation sites is 1. The lowest BCUT2D eigenvalue weighted by Gasteiger charge is -2.25. The van der Waals surface area contributed by atoms with Crippen LogP contribution in [-0.4, -0.2) is 34.6 Å². The molecule has 4 nitrogen and oxygen atoms in total. The van der Waals surface area contributed by atoms with Gasteiger partial charge < -0.3 is 14.7 Å². The number of hydrogen-bond acceptors (Lipinski definition) is 3. The van der Waals surface area contributed by atoms with Crippen molar-refractivity contribution in [2.45, 2.75) is 44.9 Å². The Morgan fingerprint density at radius 3 is 2.60 bits per heavy atom. The molecule has 2 aromatic rings. The molecule has 1 heterocycles. The quantitative estimate of drug-likeness (QED) is 0.874. The van der Waals surface area contributed by atoms with Crippen molar-refractivity contribution < 1.29 is 14.6 Å². The Balaban J connectivity index is 1.60. The molecule has 0 aliphatic carbocycles. The average Bonchev–Trinajstić information content (AvgIpc) is 3.08. The number of hydrogen-bond donors (Lipinski definition) is 1. The number of aliphatic hydroxyl groups excluding tert-OH is 1. The van der Waals surface area contributed by atoms with Crippen molar-refractivity contribution in [3.05, 3.63) is 65.7 Å². The summed E-state index contributed by atoms with van der Waals surface area (Å²) in [6.45, 7) is 3.03. The number of amides is 1. The largest absolute Gasteiger partial charge is 0.489 e. The van der Waals surface area contributed by atoms with E-state index < -0.39 is 0 Å². The predicted octanol–water partition coefficient (Wildman–Crippen LogP) is 3.64. The van der Waals surface area contributed by atoms with E-state index >= 15 is 0 Å². The van der Waals surface area contributed by atoms with Gasteiger partial charge in [-0.25, -0.2) is 0 Å². The van der Waals surface area contributed by atoms with E-state index in [1.54, 1.807) is 6.92 Å². The van der Waals surface area contributed by atoms with Gasteiger partial charge in [0.2, 0.25) is 0 Å². The van der Waals surface area contributed by atoms with Gasteiger partial charge >= 0.3 is 0 Å². The Labute approximate surface area is 149 Å². The molecule has 25 heavy (non-hydrogen) atoms. The number of ether oxygens (including phenoxy) is 1. The maximum atomic E-state index is 12.7. The van der Waals surface area contributed by atoms with Crippen LogP contribution in [-0.2, 0) is 6.61 Å². The lowest BCUT2D eigenvalue weighted by atomic mass is 10.1. The van der Waals surface area contributed by atoms with Gasteiger partial charge in [0.15, 0.2) is 0 Å². The minimum atomic E-state index is -0.379. The predicted molar refractivity (Wildman–Crippen MR) is 97.6 cm³/mol. The van der Waals surface area contributed by atoms with E-state index in [9.17, 15) is 9.90 Å². The Hall–Kier alpha value is -2.33. The fourth-order valence-corrected chi connectivity index (χ4v) is 3.33. The van der Waals surface area contributed by atoms with Crippen molar-refractivity contribution in [2.24, 2.45) is 0 Å². The van der Waals surface area contributed by atoms with Crippen LogP contribution in [0.5, 0.6) is 5.75 Å². The van der Waals surface area contributed by atoms with Gasteiger partial charge in [-0.2, -0.15) is 0 Å². The van der Waals surface area contributed by atoms with Crippen LogP contribution in [0.3, 0.4) is 0 Å². The van der Waals surface area contributed by atoms with Crippen molar-refractivity contribution in [2.75, 3.05) is 6.54 Å². The normalized spacial score (nSPS) is 18.2. The smallest absolute Gasteiger partial charge is 0.254 e. The second kappa shape index (κ2) is 8.17. The zero-order chi connectivity index (χ0) is 17.6. The second-order valence-electron chi connectivity index (χ2n) is 6.68. The molecular weight excluding hydrogens is 314 g/mol. The number of benzene rings is 2. The standard InChI is InChI=1S/C21H25NO3/c1-16(23)14-19-6-5-13-22(19)21(24)18-11-9-17(10-12-18)15-25-20-7-3-2-4-8-20/h2-4,7-12,16,19,23H,5-6,13-15H2,1H3. The molecule has 1 fully saturated rings. The number of aliphatic hydroxyl groups is 1. The zero-order valence-electron chi connectivity index (χ0n) is 14.6. The molecule has 2 aromatic carbocycles. The highest BCUT2D eigenvalue weighted by Gasteiger charge is 2.30. The summed E-state index contributed by atoms with van der Waals surface area (Å²) in [7, 11) is 0. The molecule has 0 spiro atoms. The van der Waals surface area contributed by atoms with Gasteiger partial charge in [0.25, 0.3) is 5.91 Å². The van der Waals surface area contributed by atoms with E-state index in [-0.39, 0.29) is 18.1 Å². The van der Waals surface area contributed by atoms with Crippen LogP contribution in [0.4, 0.5) is 0 Å². The van der Waals surface area contributed by atoms with Gasteiger partial charge in [0.05, 0.1) is 6.10 Å². The molecule has 0 aromatic heterocycles. The van der Waals surface area contributed by atoms with Crippen molar-refractivity contribution in [3.63, 3.8) is 0 Å². The van der Waals surface area contributed by atoms with Crippen LogP contribution < -0.4 is 4.74 Å². The van der Waals surface area contributed by atoms with E-state index in [4.69, 9.17) is 4.74 Å². The molecule has 4 heteroatoms. The third kappa shape index (κ3) is 4.60. The highest BCUT2D eigenvalue weighted by Crippen LogP contribution is 2.24. The highest BCUT2D eigenvalue weighted by atomic mass is 16.5. The van der Waals surface area contributed by atoms with Gasteiger partial charge in [-0.3, -0.25) is 4.79 Å². The van der Waals surface area contributed by atoms with E-state index in [2.05, 4.69) is 0 Å². The lowest BCUT2D eigenvalue weighted by molar-refractivity contribution is 0.0682. The number of nitrogens with zero attached hydrogens (tertiary/aromatic N) is 1. The number of carbonyl (C=O) groups is 1.